The van der Waals surface area contributed by atoms with Gasteiger partial charge < -0.3 is 4.90 Å². The number of nitrogens with two attached hydrogens (primary N) is 1. The molecule has 1 aromatic rings. The SMILES string of the molecule is CN1CCC(N(SN)c2cnn(C)c2F)CC1. The van der Waals surface area contributed by atoms with Gasteiger partial charge in [-0.1, -0.05) is 0 Å². The second-order valence-electron chi connectivity index (χ2n) is 4.41. The fourth-order valence-electron chi connectivity index (χ4n) is 2.13. The van der Waals surface area contributed by atoms with Crippen molar-refractivity contribution in [2.24, 2.45) is 12.2 Å². The molecule has 96 valence electrons. The van der Waals surface area contributed by atoms with Gasteiger partial charge >= 0.3 is 0 Å². The molecular weight excluding hydrogens is 241 g/mol. The smallest absolute Gasteiger partial charge is 0.235 e. The first-order chi connectivity index (χ1) is 8.13. The number of hydrogen-bond donors (Lipinski definition) is 1. The Bertz CT molecular complexity index is 375. The van der Waals surface area contributed by atoms with Crippen molar-refractivity contribution >= 4 is 17.8 Å². The Morgan fingerprint density at radius 3 is 2.59 bits per heavy atom. The molecule has 0 amide bonds. The van der Waals surface area contributed by atoms with E-state index >= 15 is 0 Å². The largest absolute Gasteiger partial charge is 0.306 e. The highest BCUT2D eigenvalue weighted by Gasteiger charge is 2.26. The first-order valence-electron chi connectivity index (χ1n) is 5.65. The number of piperidine rings is 1. The molecule has 5 nitrogen and oxygen atoms in total. The van der Waals surface area contributed by atoms with Crippen LogP contribution < -0.4 is 9.44 Å². The Labute approximate surface area is 105 Å². The molecule has 0 spiro atoms. The molecule has 1 saturated heterocycles. The fraction of sp³-hybridized carbons (Fsp3) is 0.700. The third-order valence-electron chi connectivity index (χ3n) is 3.22. The van der Waals surface area contributed by atoms with Gasteiger partial charge in [-0.3, -0.25) is 9.44 Å². The lowest BCUT2D eigenvalue weighted by Gasteiger charge is -2.35. The van der Waals surface area contributed by atoms with Crippen LogP contribution in [0.1, 0.15) is 12.8 Å². The van der Waals surface area contributed by atoms with Crippen LogP contribution in [-0.2, 0) is 7.05 Å². The minimum atomic E-state index is -0.332. The predicted molar refractivity (Wildman–Crippen MR) is 67.9 cm³/mol. The summed E-state index contributed by atoms with van der Waals surface area (Å²) in [6, 6.07) is 0.278. The van der Waals surface area contributed by atoms with Crippen LogP contribution in [0.15, 0.2) is 6.20 Å². The van der Waals surface area contributed by atoms with Crippen molar-refractivity contribution in [1.29, 1.82) is 0 Å². The van der Waals surface area contributed by atoms with Gasteiger partial charge in [-0.15, -0.1) is 0 Å². The quantitative estimate of drug-likeness (QED) is 0.820. The number of rotatable bonds is 3. The standard InChI is InChI=1S/C10H18FN5S/c1-14-5-3-8(4-6-14)16(17-12)9-7-13-15(2)10(9)11/h7-8H,3-6,12H2,1-2H3. The predicted octanol–water partition coefficient (Wildman–Crippen LogP) is 0.982. The van der Waals surface area contributed by atoms with Crippen molar-refractivity contribution < 1.29 is 4.39 Å². The molecule has 0 unspecified atom stereocenters. The first kappa shape index (κ1) is 12.7. The molecule has 0 atom stereocenters. The van der Waals surface area contributed by atoms with Crippen molar-refractivity contribution in [2.45, 2.75) is 18.9 Å². The molecule has 2 heterocycles. The molecule has 17 heavy (non-hydrogen) atoms. The second-order valence-corrected chi connectivity index (χ2v) is 5.01. The number of hydrogen-bond acceptors (Lipinski definition) is 5. The van der Waals surface area contributed by atoms with Crippen LogP contribution in [0.5, 0.6) is 0 Å². The van der Waals surface area contributed by atoms with Crippen LogP contribution in [0, 0.1) is 5.95 Å². The van der Waals surface area contributed by atoms with E-state index in [1.807, 2.05) is 4.31 Å². The summed E-state index contributed by atoms with van der Waals surface area (Å²) < 4.78 is 16.9. The summed E-state index contributed by atoms with van der Waals surface area (Å²) in [5.41, 5.74) is 0.481. The first-order valence-corrected chi connectivity index (χ1v) is 6.49. The minimum absolute atomic E-state index is 0.278. The zero-order valence-electron chi connectivity index (χ0n) is 10.1. The number of anilines is 1. The van der Waals surface area contributed by atoms with Crippen LogP contribution in [0.25, 0.3) is 0 Å². The Kier molecular flexibility index (Phi) is 3.90. The highest BCUT2D eigenvalue weighted by molar-refractivity contribution is 7.98. The molecule has 7 heteroatoms. The summed E-state index contributed by atoms with van der Waals surface area (Å²) in [5, 5.41) is 9.59. The number of likely N-dealkylation sites (tertiary alicyclic amines) is 1. The number of nitrogens with zero attached hydrogens (tertiary/aromatic N) is 4. The minimum Gasteiger partial charge on any atom is -0.306 e. The summed E-state index contributed by atoms with van der Waals surface area (Å²) in [4.78, 5) is 2.27. The molecule has 0 bridgehead atoms. The molecule has 0 radical (unpaired) electrons. The zero-order valence-corrected chi connectivity index (χ0v) is 11.0. The molecule has 1 fully saturated rings. The Balaban J connectivity index is 2.13. The number of aryl methyl sites for hydroxylation is 1. The molecule has 2 N–H and O–H groups in total. The summed E-state index contributed by atoms with van der Waals surface area (Å²) in [5.74, 6) is -0.332. The van der Waals surface area contributed by atoms with E-state index in [2.05, 4.69) is 17.0 Å². The average Bonchev–Trinajstić information content (AvgIpc) is 2.65. The summed E-state index contributed by atoms with van der Waals surface area (Å²) in [7, 11) is 3.69. The van der Waals surface area contributed by atoms with Gasteiger partial charge in [-0.05, 0) is 33.0 Å². The maximum atomic E-state index is 13.8. The maximum absolute atomic E-state index is 13.8. The van der Waals surface area contributed by atoms with Crippen LogP contribution in [0.3, 0.4) is 0 Å². The van der Waals surface area contributed by atoms with Gasteiger partial charge in [0.1, 0.15) is 5.69 Å². The highest BCUT2D eigenvalue weighted by atomic mass is 32.2. The Morgan fingerprint density at radius 2 is 2.12 bits per heavy atom. The maximum Gasteiger partial charge on any atom is 0.235 e. The van der Waals surface area contributed by atoms with Crippen LogP contribution in [-0.4, -0.2) is 40.9 Å². The van der Waals surface area contributed by atoms with E-state index in [0.717, 1.165) is 38.1 Å². The van der Waals surface area contributed by atoms with Crippen molar-refractivity contribution in [3.05, 3.63) is 12.1 Å². The summed E-state index contributed by atoms with van der Waals surface area (Å²) >= 11 is 1.08. The van der Waals surface area contributed by atoms with Crippen molar-refractivity contribution in [3.63, 3.8) is 0 Å². The van der Waals surface area contributed by atoms with E-state index in [4.69, 9.17) is 5.14 Å². The van der Waals surface area contributed by atoms with Crippen LogP contribution in [0.4, 0.5) is 10.1 Å². The van der Waals surface area contributed by atoms with E-state index < -0.39 is 0 Å². The van der Waals surface area contributed by atoms with Crippen molar-refractivity contribution in [1.82, 2.24) is 14.7 Å². The Hall–Kier alpha value is -0.790. The van der Waals surface area contributed by atoms with Gasteiger partial charge in [0, 0.05) is 25.2 Å². The molecule has 0 aliphatic carbocycles. The van der Waals surface area contributed by atoms with E-state index in [1.54, 1.807) is 7.05 Å². The van der Waals surface area contributed by atoms with E-state index in [9.17, 15) is 4.39 Å². The highest BCUT2D eigenvalue weighted by Crippen LogP contribution is 2.29. The number of aromatic nitrogens is 2. The van der Waals surface area contributed by atoms with Gasteiger partial charge in [-0.2, -0.15) is 9.49 Å². The van der Waals surface area contributed by atoms with Crippen molar-refractivity contribution in [3.8, 4) is 0 Å². The van der Waals surface area contributed by atoms with E-state index in [1.165, 1.54) is 10.9 Å². The van der Waals surface area contributed by atoms with E-state index in [0.29, 0.717) is 5.69 Å². The van der Waals surface area contributed by atoms with Crippen molar-refractivity contribution in [2.75, 3.05) is 24.4 Å². The third kappa shape index (κ3) is 2.56. The lowest BCUT2D eigenvalue weighted by Crippen LogP contribution is -2.41. The molecule has 1 aliphatic heterocycles. The molecular formula is C10H18FN5S. The van der Waals surface area contributed by atoms with Gasteiger partial charge in [-0.25, -0.2) is 4.68 Å². The lowest BCUT2D eigenvalue weighted by atomic mass is 10.1. The summed E-state index contributed by atoms with van der Waals surface area (Å²) in [6.07, 6.45) is 3.53. The monoisotopic (exact) mass is 259 g/mol. The average molecular weight is 259 g/mol. The van der Waals surface area contributed by atoms with Gasteiger partial charge in [0.25, 0.3) is 0 Å². The third-order valence-corrected chi connectivity index (χ3v) is 3.94. The van der Waals surface area contributed by atoms with Gasteiger partial charge in [0.2, 0.25) is 5.95 Å². The van der Waals surface area contributed by atoms with E-state index in [-0.39, 0.29) is 12.0 Å². The molecule has 0 aromatic carbocycles. The topological polar surface area (TPSA) is 50.3 Å². The normalized spacial score (nSPS) is 18.6. The van der Waals surface area contributed by atoms with Gasteiger partial charge in [0.15, 0.2) is 0 Å². The fourth-order valence-corrected chi connectivity index (χ4v) is 2.75. The summed E-state index contributed by atoms with van der Waals surface area (Å²) in [6.45, 7) is 2.03. The lowest BCUT2D eigenvalue weighted by molar-refractivity contribution is 0.258. The molecule has 1 aliphatic rings. The van der Waals surface area contributed by atoms with Crippen LogP contribution >= 0.6 is 12.1 Å². The zero-order chi connectivity index (χ0) is 12.4. The van der Waals surface area contributed by atoms with Gasteiger partial charge in [0.05, 0.1) is 6.20 Å². The molecule has 2 rings (SSSR count). The Morgan fingerprint density at radius 1 is 1.47 bits per heavy atom. The number of halogens is 1. The molecule has 0 saturated carbocycles. The second kappa shape index (κ2) is 5.24. The van der Waals surface area contributed by atoms with Crippen LogP contribution in [0.2, 0.25) is 0 Å². The molecule has 1 aromatic heterocycles.